The van der Waals surface area contributed by atoms with Gasteiger partial charge in [-0.25, -0.2) is 0 Å². The van der Waals surface area contributed by atoms with Crippen molar-refractivity contribution < 1.29 is 28.6 Å². The second-order valence-corrected chi connectivity index (χ2v) is 18.5. The molecular weight excluding hydrogens is 829 g/mol. The molecule has 0 saturated carbocycles. The van der Waals surface area contributed by atoms with Crippen LogP contribution in [-0.4, -0.2) is 37.2 Å². The highest BCUT2D eigenvalue weighted by atomic mass is 16.6. The van der Waals surface area contributed by atoms with Crippen LogP contribution in [0.5, 0.6) is 0 Å². The van der Waals surface area contributed by atoms with Gasteiger partial charge in [-0.15, -0.1) is 0 Å². The summed E-state index contributed by atoms with van der Waals surface area (Å²) >= 11 is 0. The Hall–Kier alpha value is -3.41. The molecule has 0 rings (SSSR count). The molecule has 67 heavy (non-hydrogen) atoms. The zero-order valence-corrected chi connectivity index (χ0v) is 43.9. The van der Waals surface area contributed by atoms with Crippen molar-refractivity contribution in [2.24, 2.45) is 0 Å². The third-order valence-electron chi connectivity index (χ3n) is 11.8. The van der Waals surface area contributed by atoms with E-state index in [1.807, 2.05) is 0 Å². The smallest absolute Gasteiger partial charge is 0.306 e. The summed E-state index contributed by atoms with van der Waals surface area (Å²) in [4.78, 5) is 38.1. The maximum atomic E-state index is 12.8. The lowest BCUT2D eigenvalue weighted by Gasteiger charge is -2.18. The summed E-state index contributed by atoms with van der Waals surface area (Å²) in [5.41, 5.74) is 0. The SMILES string of the molecule is CCCCCC=CCC=CCC=CCC=CCCCC(=O)OCC(COC(=O)CCCCCCCC=CCC=CCCCCC)OC(=O)CCCCCCCCCC=CCCCCCCCC. The van der Waals surface area contributed by atoms with Gasteiger partial charge in [0, 0.05) is 19.3 Å². The third-order valence-corrected chi connectivity index (χ3v) is 11.8. The van der Waals surface area contributed by atoms with Crippen LogP contribution in [0.15, 0.2) is 85.1 Å². The first-order chi connectivity index (χ1) is 33.0. The van der Waals surface area contributed by atoms with E-state index in [1.165, 1.54) is 128 Å². The average molecular weight is 933 g/mol. The molecule has 384 valence electrons. The zero-order valence-electron chi connectivity index (χ0n) is 43.9. The van der Waals surface area contributed by atoms with E-state index < -0.39 is 6.10 Å². The van der Waals surface area contributed by atoms with E-state index in [-0.39, 0.29) is 37.5 Å². The van der Waals surface area contributed by atoms with E-state index in [2.05, 4.69) is 106 Å². The fourth-order valence-electron chi connectivity index (χ4n) is 7.58. The fraction of sp³-hybridized carbons (Fsp3) is 0.721. The van der Waals surface area contributed by atoms with Gasteiger partial charge < -0.3 is 14.2 Å². The molecule has 0 aromatic carbocycles. The summed E-state index contributed by atoms with van der Waals surface area (Å²) in [7, 11) is 0. The molecular formula is C61H104O6. The van der Waals surface area contributed by atoms with E-state index in [0.29, 0.717) is 19.3 Å². The number of rotatable bonds is 50. The minimum Gasteiger partial charge on any atom is -0.462 e. The maximum Gasteiger partial charge on any atom is 0.306 e. The molecule has 0 aliphatic rings. The first-order valence-corrected chi connectivity index (χ1v) is 28.1. The monoisotopic (exact) mass is 933 g/mol. The Balaban J connectivity index is 4.50. The lowest BCUT2D eigenvalue weighted by Crippen LogP contribution is -2.30. The minimum absolute atomic E-state index is 0.103. The molecule has 1 atom stereocenters. The molecule has 0 heterocycles. The predicted molar refractivity (Wildman–Crippen MR) is 288 cm³/mol. The largest absolute Gasteiger partial charge is 0.462 e. The van der Waals surface area contributed by atoms with Gasteiger partial charge in [0.15, 0.2) is 6.10 Å². The molecule has 6 nitrogen and oxygen atoms in total. The molecule has 0 bridgehead atoms. The van der Waals surface area contributed by atoms with Crippen LogP contribution in [-0.2, 0) is 28.6 Å². The first kappa shape index (κ1) is 63.6. The van der Waals surface area contributed by atoms with Crippen molar-refractivity contribution in [2.45, 2.75) is 271 Å². The number of esters is 3. The molecule has 0 spiro atoms. The second kappa shape index (κ2) is 55.2. The lowest BCUT2D eigenvalue weighted by molar-refractivity contribution is -0.167. The molecule has 6 heteroatoms. The van der Waals surface area contributed by atoms with Crippen LogP contribution in [0.2, 0.25) is 0 Å². The molecule has 0 fully saturated rings. The molecule has 0 aromatic heterocycles. The topological polar surface area (TPSA) is 78.9 Å². The van der Waals surface area contributed by atoms with Gasteiger partial charge in [-0.3, -0.25) is 14.4 Å². The van der Waals surface area contributed by atoms with Gasteiger partial charge in [0.1, 0.15) is 13.2 Å². The molecule has 0 aliphatic heterocycles. The quantitative estimate of drug-likeness (QED) is 0.0262. The summed E-state index contributed by atoms with van der Waals surface area (Å²) in [5, 5.41) is 0. The molecule has 0 aliphatic carbocycles. The van der Waals surface area contributed by atoms with Crippen molar-refractivity contribution in [1.82, 2.24) is 0 Å². The number of allylic oxidation sites excluding steroid dienone is 14. The Bertz CT molecular complexity index is 1300. The van der Waals surface area contributed by atoms with Gasteiger partial charge >= 0.3 is 17.9 Å². The number of carbonyl (C=O) groups is 3. The van der Waals surface area contributed by atoms with Crippen molar-refractivity contribution in [1.29, 1.82) is 0 Å². The highest BCUT2D eigenvalue weighted by Crippen LogP contribution is 2.14. The van der Waals surface area contributed by atoms with Gasteiger partial charge in [-0.05, 0) is 116 Å². The first-order valence-electron chi connectivity index (χ1n) is 28.1. The molecule has 0 radical (unpaired) electrons. The Kier molecular flexibility index (Phi) is 52.4. The van der Waals surface area contributed by atoms with Crippen LogP contribution < -0.4 is 0 Å². The molecule has 1 unspecified atom stereocenters. The van der Waals surface area contributed by atoms with Crippen molar-refractivity contribution in [3.8, 4) is 0 Å². The van der Waals surface area contributed by atoms with Gasteiger partial charge in [-0.1, -0.05) is 215 Å². The molecule has 0 amide bonds. The fourth-order valence-corrected chi connectivity index (χ4v) is 7.58. The number of unbranched alkanes of at least 4 members (excludes halogenated alkanes) is 25. The Morgan fingerprint density at radius 1 is 0.299 bits per heavy atom. The van der Waals surface area contributed by atoms with E-state index in [1.54, 1.807) is 0 Å². The van der Waals surface area contributed by atoms with Crippen molar-refractivity contribution >= 4 is 17.9 Å². The van der Waals surface area contributed by atoms with Crippen molar-refractivity contribution in [3.05, 3.63) is 85.1 Å². The summed E-state index contributed by atoms with van der Waals surface area (Å²) < 4.78 is 16.8. The van der Waals surface area contributed by atoms with Crippen LogP contribution in [0.25, 0.3) is 0 Å². The van der Waals surface area contributed by atoms with Crippen molar-refractivity contribution in [3.63, 3.8) is 0 Å². The standard InChI is InChI=1S/C61H104O6/c1-4-7-10-13-16-19-22-25-28-30-33-36-39-42-45-48-51-54-60(63)66-57-58(56-65-59(62)53-50-47-44-41-38-35-32-27-24-21-18-15-12-9-6-3)67-61(64)55-52-49-46-43-40-37-34-31-29-26-23-20-17-14-11-8-5-2/h16,18-19,21,25-29,32-33,36,42,45,58H,4-15,17,20,22-24,30-31,34-35,37-41,43-44,46-57H2,1-3H3. The number of hydrogen-bond donors (Lipinski definition) is 0. The summed E-state index contributed by atoms with van der Waals surface area (Å²) in [5.74, 6) is -0.974. The maximum absolute atomic E-state index is 12.8. The van der Waals surface area contributed by atoms with Gasteiger partial charge in [0.2, 0.25) is 0 Å². The second-order valence-electron chi connectivity index (χ2n) is 18.5. The molecule has 0 aromatic rings. The Morgan fingerprint density at radius 3 is 0.940 bits per heavy atom. The number of ether oxygens (including phenoxy) is 3. The van der Waals surface area contributed by atoms with Gasteiger partial charge in [0.05, 0.1) is 0 Å². The van der Waals surface area contributed by atoms with Gasteiger partial charge in [-0.2, -0.15) is 0 Å². The van der Waals surface area contributed by atoms with E-state index >= 15 is 0 Å². The van der Waals surface area contributed by atoms with Crippen LogP contribution >= 0.6 is 0 Å². The summed E-state index contributed by atoms with van der Waals surface area (Å²) in [6.45, 7) is 6.53. The Morgan fingerprint density at radius 2 is 0.552 bits per heavy atom. The predicted octanol–water partition coefficient (Wildman–Crippen LogP) is 18.8. The number of hydrogen-bond acceptors (Lipinski definition) is 6. The average Bonchev–Trinajstić information content (AvgIpc) is 3.33. The van der Waals surface area contributed by atoms with Crippen LogP contribution in [0.4, 0.5) is 0 Å². The lowest BCUT2D eigenvalue weighted by atomic mass is 10.1. The van der Waals surface area contributed by atoms with E-state index in [4.69, 9.17) is 14.2 Å². The summed E-state index contributed by atoms with van der Waals surface area (Å²) in [6.07, 6.45) is 71.4. The van der Waals surface area contributed by atoms with E-state index in [0.717, 1.165) is 89.9 Å². The highest BCUT2D eigenvalue weighted by molar-refractivity contribution is 5.71. The van der Waals surface area contributed by atoms with Gasteiger partial charge in [0.25, 0.3) is 0 Å². The van der Waals surface area contributed by atoms with Crippen LogP contribution in [0.3, 0.4) is 0 Å². The van der Waals surface area contributed by atoms with Crippen molar-refractivity contribution in [2.75, 3.05) is 13.2 Å². The molecule has 0 N–H and O–H groups in total. The summed E-state index contributed by atoms with van der Waals surface area (Å²) in [6, 6.07) is 0. The normalized spacial score (nSPS) is 12.7. The van der Waals surface area contributed by atoms with Crippen LogP contribution in [0, 0.1) is 0 Å². The number of carbonyl (C=O) groups excluding carboxylic acids is 3. The highest BCUT2D eigenvalue weighted by Gasteiger charge is 2.19. The Labute approximate surface area is 414 Å². The minimum atomic E-state index is -0.807. The molecule has 0 saturated heterocycles. The third kappa shape index (κ3) is 53.4. The van der Waals surface area contributed by atoms with E-state index in [9.17, 15) is 14.4 Å². The zero-order chi connectivity index (χ0) is 48.6. The van der Waals surface area contributed by atoms with Crippen LogP contribution in [0.1, 0.15) is 265 Å².